The van der Waals surface area contributed by atoms with Gasteiger partial charge in [0, 0.05) is 0 Å². The minimum atomic E-state index is -4.52. The molecule has 1 fully saturated rings. The van der Waals surface area contributed by atoms with Gasteiger partial charge in [0.15, 0.2) is 6.10 Å². The molecule has 94 valence electrons. The van der Waals surface area contributed by atoms with Crippen LogP contribution < -0.4 is 0 Å². The highest BCUT2D eigenvalue weighted by Gasteiger charge is 2.42. The number of ether oxygens (including phenoxy) is 2. The van der Waals surface area contributed by atoms with Crippen LogP contribution in [0.25, 0.3) is 0 Å². The lowest BCUT2D eigenvalue weighted by atomic mass is 10.1. The maximum Gasteiger partial charge on any atom is 0.418 e. The minimum absolute atomic E-state index is 0.110. The van der Waals surface area contributed by atoms with Crippen molar-refractivity contribution in [2.75, 3.05) is 13.2 Å². The lowest BCUT2D eigenvalue weighted by Gasteiger charge is -2.20. The molecule has 0 N–H and O–H groups in total. The average Bonchev–Trinajstić information content (AvgIpc) is 3.03. The van der Waals surface area contributed by atoms with Crippen molar-refractivity contribution in [2.45, 2.75) is 18.4 Å². The van der Waals surface area contributed by atoms with Crippen molar-refractivity contribution >= 4 is 0 Å². The summed E-state index contributed by atoms with van der Waals surface area (Å²) in [5.41, 5.74) is -0.112. The molecular formula is C11H10F4O2. The van der Waals surface area contributed by atoms with E-state index in [9.17, 15) is 17.6 Å². The second kappa shape index (κ2) is 4.62. The molecule has 2 rings (SSSR count). The minimum Gasteiger partial charge on any atom is -0.371 e. The fourth-order valence-electron chi connectivity index (χ4n) is 1.39. The Morgan fingerprint density at radius 3 is 2.35 bits per heavy atom. The lowest BCUT2D eigenvalue weighted by molar-refractivity contribution is -0.224. The van der Waals surface area contributed by atoms with Gasteiger partial charge in [-0.3, -0.25) is 0 Å². The van der Waals surface area contributed by atoms with Crippen LogP contribution in [-0.2, 0) is 9.47 Å². The fraction of sp³-hybridized carbons (Fsp3) is 0.455. The summed E-state index contributed by atoms with van der Waals surface area (Å²) in [6.07, 6.45) is -6.81. The summed E-state index contributed by atoms with van der Waals surface area (Å²) in [6.45, 7) is 0.315. The SMILES string of the molecule is Fc1ccc([C@H](OC[C@H]2CO2)C(F)(F)F)cc1. The van der Waals surface area contributed by atoms with E-state index in [-0.39, 0.29) is 18.3 Å². The molecule has 0 aromatic heterocycles. The number of hydrogen-bond donors (Lipinski definition) is 0. The zero-order valence-electron chi connectivity index (χ0n) is 8.71. The van der Waals surface area contributed by atoms with Crippen molar-refractivity contribution < 1.29 is 27.0 Å². The number of rotatable bonds is 4. The lowest BCUT2D eigenvalue weighted by Crippen LogP contribution is -2.25. The Morgan fingerprint density at radius 1 is 1.29 bits per heavy atom. The van der Waals surface area contributed by atoms with E-state index in [1.165, 1.54) is 0 Å². The van der Waals surface area contributed by atoms with Crippen LogP contribution >= 0.6 is 0 Å². The van der Waals surface area contributed by atoms with Gasteiger partial charge in [-0.05, 0) is 17.7 Å². The molecule has 6 heteroatoms. The topological polar surface area (TPSA) is 21.8 Å². The predicted molar refractivity (Wildman–Crippen MR) is 50.9 cm³/mol. The highest BCUT2D eigenvalue weighted by Crippen LogP contribution is 2.36. The average molecular weight is 250 g/mol. The van der Waals surface area contributed by atoms with E-state index in [4.69, 9.17) is 9.47 Å². The molecule has 1 aliphatic heterocycles. The summed E-state index contributed by atoms with van der Waals surface area (Å²) in [6, 6.07) is 4.10. The van der Waals surface area contributed by atoms with Gasteiger partial charge in [-0.25, -0.2) is 4.39 Å². The summed E-state index contributed by atoms with van der Waals surface area (Å²) in [5, 5.41) is 0. The summed E-state index contributed by atoms with van der Waals surface area (Å²) in [5.74, 6) is -0.583. The Bertz CT molecular complexity index is 370. The normalized spacial score (nSPS) is 21.3. The first kappa shape index (κ1) is 12.3. The molecule has 1 aliphatic rings. The van der Waals surface area contributed by atoms with Crippen LogP contribution in [0, 0.1) is 5.82 Å². The first-order valence-corrected chi connectivity index (χ1v) is 5.02. The molecule has 0 aliphatic carbocycles. The van der Waals surface area contributed by atoms with Gasteiger partial charge in [0.05, 0.1) is 13.2 Å². The Labute approximate surface area is 95.1 Å². The molecular weight excluding hydrogens is 240 g/mol. The largest absolute Gasteiger partial charge is 0.418 e. The molecule has 2 atom stereocenters. The van der Waals surface area contributed by atoms with E-state index >= 15 is 0 Å². The van der Waals surface area contributed by atoms with Crippen LogP contribution in [-0.4, -0.2) is 25.5 Å². The van der Waals surface area contributed by atoms with Gasteiger partial charge in [0.2, 0.25) is 0 Å². The van der Waals surface area contributed by atoms with E-state index in [1.807, 2.05) is 0 Å². The summed E-state index contributed by atoms with van der Waals surface area (Å²) < 4.78 is 60.3. The third-order valence-electron chi connectivity index (χ3n) is 2.32. The van der Waals surface area contributed by atoms with Crippen molar-refractivity contribution in [1.82, 2.24) is 0 Å². The zero-order valence-corrected chi connectivity index (χ0v) is 8.71. The highest BCUT2D eigenvalue weighted by molar-refractivity contribution is 5.20. The molecule has 0 unspecified atom stereocenters. The van der Waals surface area contributed by atoms with E-state index in [0.717, 1.165) is 24.3 Å². The van der Waals surface area contributed by atoms with Crippen molar-refractivity contribution in [3.63, 3.8) is 0 Å². The van der Waals surface area contributed by atoms with Gasteiger partial charge in [0.25, 0.3) is 0 Å². The molecule has 0 bridgehead atoms. The molecule has 2 nitrogen and oxygen atoms in total. The maximum atomic E-state index is 12.7. The van der Waals surface area contributed by atoms with Gasteiger partial charge >= 0.3 is 6.18 Å². The first-order valence-electron chi connectivity index (χ1n) is 5.02. The van der Waals surface area contributed by atoms with Crippen molar-refractivity contribution in [3.05, 3.63) is 35.6 Å². The number of epoxide rings is 1. The van der Waals surface area contributed by atoms with Crippen LogP contribution in [0.15, 0.2) is 24.3 Å². The third kappa shape index (κ3) is 3.41. The maximum absolute atomic E-state index is 12.7. The molecule has 0 radical (unpaired) electrons. The van der Waals surface area contributed by atoms with Gasteiger partial charge < -0.3 is 9.47 Å². The van der Waals surface area contributed by atoms with Crippen LogP contribution in [0.5, 0.6) is 0 Å². The van der Waals surface area contributed by atoms with Crippen LogP contribution in [0.4, 0.5) is 17.6 Å². The standard InChI is InChI=1S/C11H10F4O2/c12-8-3-1-7(2-4-8)10(11(13,14)15)17-6-9-5-16-9/h1-4,9-10H,5-6H2/t9-,10+/m1/s1. The van der Waals surface area contributed by atoms with Gasteiger partial charge in [-0.1, -0.05) is 12.1 Å². The number of hydrogen-bond acceptors (Lipinski definition) is 2. The summed E-state index contributed by atoms with van der Waals surface area (Å²) >= 11 is 0. The first-order chi connectivity index (χ1) is 7.97. The molecule has 1 saturated heterocycles. The second-order valence-corrected chi connectivity index (χ2v) is 3.76. The molecule has 1 heterocycles. The molecule has 0 spiro atoms. The number of benzene rings is 1. The molecule has 0 amide bonds. The Balaban J connectivity index is 2.10. The quantitative estimate of drug-likeness (QED) is 0.605. The summed E-state index contributed by atoms with van der Waals surface area (Å²) in [7, 11) is 0. The molecule has 1 aromatic rings. The zero-order chi connectivity index (χ0) is 12.5. The van der Waals surface area contributed by atoms with Gasteiger partial charge in [0.1, 0.15) is 11.9 Å². The predicted octanol–water partition coefficient (Wildman–Crippen LogP) is 2.84. The van der Waals surface area contributed by atoms with Crippen molar-refractivity contribution in [3.8, 4) is 0 Å². The Morgan fingerprint density at radius 2 is 1.88 bits per heavy atom. The van der Waals surface area contributed by atoms with Gasteiger partial charge in [-0.2, -0.15) is 13.2 Å². The Kier molecular flexibility index (Phi) is 3.35. The number of alkyl halides is 3. The fourth-order valence-corrected chi connectivity index (χ4v) is 1.39. The smallest absolute Gasteiger partial charge is 0.371 e. The molecule has 17 heavy (non-hydrogen) atoms. The Hall–Kier alpha value is -1.14. The van der Waals surface area contributed by atoms with E-state index in [0.29, 0.717) is 6.61 Å². The van der Waals surface area contributed by atoms with Crippen molar-refractivity contribution in [1.29, 1.82) is 0 Å². The second-order valence-electron chi connectivity index (χ2n) is 3.76. The van der Waals surface area contributed by atoms with Crippen LogP contribution in [0.3, 0.4) is 0 Å². The van der Waals surface area contributed by atoms with Crippen molar-refractivity contribution in [2.24, 2.45) is 0 Å². The molecule has 0 saturated carbocycles. The number of halogens is 4. The van der Waals surface area contributed by atoms with E-state index < -0.39 is 18.1 Å². The van der Waals surface area contributed by atoms with E-state index in [1.54, 1.807) is 0 Å². The molecule has 1 aromatic carbocycles. The third-order valence-corrected chi connectivity index (χ3v) is 2.32. The van der Waals surface area contributed by atoms with Crippen LogP contribution in [0.2, 0.25) is 0 Å². The van der Waals surface area contributed by atoms with Gasteiger partial charge in [-0.15, -0.1) is 0 Å². The monoisotopic (exact) mass is 250 g/mol. The highest BCUT2D eigenvalue weighted by atomic mass is 19.4. The van der Waals surface area contributed by atoms with E-state index in [2.05, 4.69) is 0 Å². The van der Waals surface area contributed by atoms with Crippen LogP contribution in [0.1, 0.15) is 11.7 Å². The summed E-state index contributed by atoms with van der Waals surface area (Å²) in [4.78, 5) is 0.